The van der Waals surface area contributed by atoms with Crippen LogP contribution in [-0.4, -0.2) is 42.5 Å². The van der Waals surface area contributed by atoms with Gasteiger partial charge < -0.3 is 15.5 Å². The van der Waals surface area contributed by atoms with E-state index in [-0.39, 0.29) is 10.6 Å². The molecule has 0 radical (unpaired) electrons. The molecule has 1 aromatic rings. The first kappa shape index (κ1) is 14.6. The van der Waals surface area contributed by atoms with Gasteiger partial charge in [-0.1, -0.05) is 0 Å². The standard InChI is InChI=1S/C14H22N4O2/c1-10-6-11(4-5-17(10)3)16-13-7-12(15-2)8-14(9-13)18(19)20/h7-11,15-16H,4-6H2,1-3H3. The minimum Gasteiger partial charge on any atom is -0.388 e. The van der Waals surface area contributed by atoms with Crippen LogP contribution in [0.3, 0.4) is 0 Å². The van der Waals surface area contributed by atoms with Crippen molar-refractivity contribution in [3.8, 4) is 0 Å². The van der Waals surface area contributed by atoms with Gasteiger partial charge in [0.2, 0.25) is 0 Å². The number of rotatable bonds is 4. The predicted octanol–water partition coefficient (Wildman–Crippen LogP) is 2.53. The third-order valence-corrected chi connectivity index (χ3v) is 4.00. The first-order valence-electron chi connectivity index (χ1n) is 6.93. The van der Waals surface area contributed by atoms with E-state index in [0.717, 1.165) is 30.8 Å². The van der Waals surface area contributed by atoms with Gasteiger partial charge in [0.15, 0.2) is 0 Å². The summed E-state index contributed by atoms with van der Waals surface area (Å²) in [6.07, 6.45) is 2.10. The van der Waals surface area contributed by atoms with Gasteiger partial charge in [-0.3, -0.25) is 10.1 Å². The highest BCUT2D eigenvalue weighted by Crippen LogP contribution is 2.26. The summed E-state index contributed by atoms with van der Waals surface area (Å²) in [5.74, 6) is 0. The van der Waals surface area contributed by atoms with Crippen molar-refractivity contribution in [1.82, 2.24) is 4.90 Å². The van der Waals surface area contributed by atoms with Crippen molar-refractivity contribution in [3.05, 3.63) is 28.3 Å². The van der Waals surface area contributed by atoms with Crippen molar-refractivity contribution < 1.29 is 4.92 Å². The Morgan fingerprint density at radius 1 is 1.35 bits per heavy atom. The number of nitrogens with one attached hydrogen (secondary N) is 2. The monoisotopic (exact) mass is 278 g/mol. The number of piperidine rings is 1. The summed E-state index contributed by atoms with van der Waals surface area (Å²) in [6, 6.07) is 5.96. The summed E-state index contributed by atoms with van der Waals surface area (Å²) in [4.78, 5) is 12.9. The van der Waals surface area contributed by atoms with E-state index in [1.165, 1.54) is 0 Å². The van der Waals surface area contributed by atoms with Gasteiger partial charge in [-0.25, -0.2) is 0 Å². The third kappa shape index (κ3) is 3.39. The molecule has 6 nitrogen and oxygen atoms in total. The zero-order chi connectivity index (χ0) is 14.7. The largest absolute Gasteiger partial charge is 0.388 e. The number of likely N-dealkylation sites (tertiary alicyclic amines) is 1. The molecule has 2 N–H and O–H groups in total. The first-order valence-corrected chi connectivity index (χ1v) is 6.93. The van der Waals surface area contributed by atoms with E-state index in [1.54, 1.807) is 19.2 Å². The molecule has 0 bridgehead atoms. The highest BCUT2D eigenvalue weighted by molar-refractivity contribution is 5.63. The summed E-state index contributed by atoms with van der Waals surface area (Å²) in [5, 5.41) is 17.3. The molecule has 0 saturated carbocycles. The van der Waals surface area contributed by atoms with Crippen LogP contribution in [0.25, 0.3) is 0 Å². The Morgan fingerprint density at radius 2 is 2.05 bits per heavy atom. The maximum atomic E-state index is 11.0. The molecule has 0 spiro atoms. The maximum absolute atomic E-state index is 11.0. The molecule has 0 amide bonds. The molecule has 110 valence electrons. The molecule has 1 fully saturated rings. The fourth-order valence-corrected chi connectivity index (χ4v) is 2.60. The van der Waals surface area contributed by atoms with E-state index in [1.807, 2.05) is 6.07 Å². The Morgan fingerprint density at radius 3 is 2.65 bits per heavy atom. The summed E-state index contributed by atoms with van der Waals surface area (Å²) < 4.78 is 0. The van der Waals surface area contributed by atoms with Crippen LogP contribution >= 0.6 is 0 Å². The Bertz CT molecular complexity index is 492. The number of nitro benzene ring substituents is 1. The minimum atomic E-state index is -0.358. The normalized spacial score (nSPS) is 23.4. The number of benzene rings is 1. The molecule has 0 aliphatic carbocycles. The van der Waals surface area contributed by atoms with E-state index in [9.17, 15) is 10.1 Å². The molecule has 2 unspecified atom stereocenters. The zero-order valence-corrected chi connectivity index (χ0v) is 12.2. The molecule has 2 rings (SSSR count). The minimum absolute atomic E-state index is 0.111. The fourth-order valence-electron chi connectivity index (χ4n) is 2.60. The lowest BCUT2D eigenvalue weighted by Crippen LogP contribution is -2.42. The molecule has 6 heteroatoms. The van der Waals surface area contributed by atoms with E-state index in [2.05, 4.69) is 29.5 Å². The molecular formula is C14H22N4O2. The van der Waals surface area contributed by atoms with Crippen molar-refractivity contribution in [3.63, 3.8) is 0 Å². The molecule has 0 aromatic heterocycles. The molecule has 1 saturated heterocycles. The number of nitro groups is 1. The summed E-state index contributed by atoms with van der Waals surface area (Å²) in [5.41, 5.74) is 1.67. The first-order chi connectivity index (χ1) is 9.49. The van der Waals surface area contributed by atoms with Crippen LogP contribution in [0.4, 0.5) is 17.1 Å². The van der Waals surface area contributed by atoms with Crippen molar-refractivity contribution in [2.75, 3.05) is 31.3 Å². The van der Waals surface area contributed by atoms with E-state index >= 15 is 0 Å². The maximum Gasteiger partial charge on any atom is 0.273 e. The smallest absolute Gasteiger partial charge is 0.273 e. The highest BCUT2D eigenvalue weighted by atomic mass is 16.6. The molecule has 20 heavy (non-hydrogen) atoms. The predicted molar refractivity (Wildman–Crippen MR) is 81.4 cm³/mol. The lowest BCUT2D eigenvalue weighted by molar-refractivity contribution is -0.384. The van der Waals surface area contributed by atoms with Gasteiger partial charge in [0.1, 0.15) is 0 Å². The second kappa shape index (κ2) is 6.09. The highest BCUT2D eigenvalue weighted by Gasteiger charge is 2.23. The SMILES string of the molecule is CNc1cc(NC2CCN(C)C(C)C2)cc([N+](=O)[O-])c1. The second-order valence-electron chi connectivity index (χ2n) is 5.47. The fraction of sp³-hybridized carbons (Fsp3) is 0.571. The van der Waals surface area contributed by atoms with Crippen molar-refractivity contribution >= 4 is 17.1 Å². The van der Waals surface area contributed by atoms with E-state index in [0.29, 0.717) is 12.1 Å². The average molecular weight is 278 g/mol. The Balaban J connectivity index is 2.12. The summed E-state index contributed by atoms with van der Waals surface area (Å²) >= 11 is 0. The Kier molecular flexibility index (Phi) is 4.44. The van der Waals surface area contributed by atoms with Gasteiger partial charge in [0.05, 0.1) is 4.92 Å². The topological polar surface area (TPSA) is 70.4 Å². The number of hydrogen-bond acceptors (Lipinski definition) is 5. The van der Waals surface area contributed by atoms with E-state index < -0.39 is 0 Å². The Labute approximate surface area is 119 Å². The van der Waals surface area contributed by atoms with Crippen LogP contribution in [0.5, 0.6) is 0 Å². The van der Waals surface area contributed by atoms with Crippen LogP contribution in [0.2, 0.25) is 0 Å². The van der Waals surface area contributed by atoms with Crippen LogP contribution < -0.4 is 10.6 Å². The summed E-state index contributed by atoms with van der Waals surface area (Å²) in [7, 11) is 3.90. The van der Waals surface area contributed by atoms with Gasteiger partial charge >= 0.3 is 0 Å². The molecule has 2 atom stereocenters. The zero-order valence-electron chi connectivity index (χ0n) is 12.2. The van der Waals surface area contributed by atoms with Gasteiger partial charge in [-0.15, -0.1) is 0 Å². The van der Waals surface area contributed by atoms with Crippen LogP contribution in [0.15, 0.2) is 18.2 Å². The molecule has 1 aliphatic rings. The number of hydrogen-bond donors (Lipinski definition) is 2. The summed E-state index contributed by atoms with van der Waals surface area (Å²) in [6.45, 7) is 3.26. The molecular weight excluding hydrogens is 256 g/mol. The van der Waals surface area contributed by atoms with E-state index in [4.69, 9.17) is 0 Å². The van der Waals surface area contributed by atoms with Gasteiger partial charge in [-0.05, 0) is 32.9 Å². The van der Waals surface area contributed by atoms with Crippen molar-refractivity contribution in [2.45, 2.75) is 31.8 Å². The average Bonchev–Trinajstić information content (AvgIpc) is 2.42. The van der Waals surface area contributed by atoms with Gasteiger partial charge in [-0.2, -0.15) is 0 Å². The number of non-ortho nitro benzene ring substituents is 1. The lowest BCUT2D eigenvalue weighted by Gasteiger charge is -2.35. The molecule has 1 aliphatic heterocycles. The van der Waals surface area contributed by atoms with Crippen LogP contribution in [0.1, 0.15) is 19.8 Å². The number of nitrogens with zero attached hydrogens (tertiary/aromatic N) is 2. The van der Waals surface area contributed by atoms with Crippen LogP contribution in [-0.2, 0) is 0 Å². The molecule has 1 aromatic carbocycles. The van der Waals surface area contributed by atoms with Gasteiger partial charge in [0.25, 0.3) is 5.69 Å². The van der Waals surface area contributed by atoms with Crippen LogP contribution in [0, 0.1) is 10.1 Å². The third-order valence-electron chi connectivity index (χ3n) is 4.00. The number of anilines is 2. The second-order valence-corrected chi connectivity index (χ2v) is 5.47. The van der Waals surface area contributed by atoms with Gasteiger partial charge in [0, 0.05) is 49.2 Å². The van der Waals surface area contributed by atoms with Crippen molar-refractivity contribution in [2.24, 2.45) is 0 Å². The quantitative estimate of drug-likeness (QED) is 0.654. The lowest BCUT2D eigenvalue weighted by atomic mass is 9.98. The molecule has 1 heterocycles. The Hall–Kier alpha value is -1.82. The van der Waals surface area contributed by atoms with Crippen molar-refractivity contribution in [1.29, 1.82) is 0 Å².